The number of halogens is 1. The first-order valence-electron chi connectivity index (χ1n) is 8.47. The number of nitrogens with one attached hydrogen (secondary N) is 1. The molecular formula is C19H22FNO6S. The fourth-order valence-electron chi connectivity index (χ4n) is 2.78. The van der Waals surface area contributed by atoms with Crippen molar-refractivity contribution in [1.82, 2.24) is 0 Å². The monoisotopic (exact) mass is 411 g/mol. The van der Waals surface area contributed by atoms with E-state index in [1.54, 1.807) is 38.3 Å². The van der Waals surface area contributed by atoms with Crippen LogP contribution in [-0.2, 0) is 16.4 Å². The maximum Gasteiger partial charge on any atom is 0.342 e. The van der Waals surface area contributed by atoms with Crippen molar-refractivity contribution in [1.29, 1.82) is 0 Å². The maximum atomic E-state index is 13.8. The lowest BCUT2D eigenvalue weighted by Crippen LogP contribution is -2.29. The summed E-state index contributed by atoms with van der Waals surface area (Å²) in [6.07, 6.45) is 0.557. The third kappa shape index (κ3) is 4.72. The van der Waals surface area contributed by atoms with Crippen molar-refractivity contribution in [2.45, 2.75) is 25.0 Å². The highest BCUT2D eigenvalue weighted by Crippen LogP contribution is 2.32. The van der Waals surface area contributed by atoms with E-state index >= 15 is 0 Å². The predicted molar refractivity (Wildman–Crippen MR) is 103 cm³/mol. The smallest absolute Gasteiger partial charge is 0.342 e. The van der Waals surface area contributed by atoms with E-state index in [9.17, 15) is 22.7 Å². The Morgan fingerprint density at radius 3 is 2.29 bits per heavy atom. The number of benzene rings is 2. The minimum Gasteiger partial charge on any atom is -0.497 e. The molecule has 0 aliphatic carbocycles. The normalized spacial score (nSPS) is 12.3. The Balaban J connectivity index is 2.32. The van der Waals surface area contributed by atoms with Gasteiger partial charge in [-0.2, -0.15) is 0 Å². The molecule has 0 aliphatic rings. The summed E-state index contributed by atoms with van der Waals surface area (Å²) in [7, 11) is -1.22. The molecule has 0 spiro atoms. The van der Waals surface area contributed by atoms with Gasteiger partial charge in [-0.1, -0.05) is 19.1 Å². The molecule has 0 fully saturated rings. The van der Waals surface area contributed by atoms with Crippen molar-refractivity contribution >= 4 is 21.7 Å². The summed E-state index contributed by atoms with van der Waals surface area (Å²) in [5, 5.41) is 8.40. The highest BCUT2D eigenvalue weighted by atomic mass is 32.2. The highest BCUT2D eigenvalue weighted by Gasteiger charge is 2.28. The fourth-order valence-corrected chi connectivity index (χ4v) is 4.27. The Morgan fingerprint density at radius 1 is 1.14 bits per heavy atom. The molecule has 0 aromatic heterocycles. The van der Waals surface area contributed by atoms with E-state index in [4.69, 9.17) is 9.47 Å². The average molecular weight is 411 g/mol. The van der Waals surface area contributed by atoms with Gasteiger partial charge in [0.15, 0.2) is 5.75 Å². The van der Waals surface area contributed by atoms with Crippen LogP contribution < -0.4 is 14.2 Å². The van der Waals surface area contributed by atoms with Crippen LogP contribution in [0.1, 0.15) is 29.3 Å². The lowest BCUT2D eigenvalue weighted by atomic mass is 10.1. The van der Waals surface area contributed by atoms with Crippen molar-refractivity contribution in [3.63, 3.8) is 0 Å². The summed E-state index contributed by atoms with van der Waals surface area (Å²) in [6, 6.07) is 9.05. The molecule has 2 rings (SSSR count). The summed E-state index contributed by atoms with van der Waals surface area (Å²) in [5.41, 5.74) is -0.0595. The number of rotatable bonds is 9. The predicted octanol–water partition coefficient (Wildman–Crippen LogP) is 3.30. The molecule has 7 nitrogen and oxygen atoms in total. The second-order valence-electron chi connectivity index (χ2n) is 6.04. The largest absolute Gasteiger partial charge is 0.497 e. The lowest BCUT2D eigenvalue weighted by molar-refractivity contribution is 0.0688. The number of sulfonamides is 1. The van der Waals surface area contributed by atoms with Crippen LogP contribution in [0.5, 0.6) is 11.5 Å². The molecule has 28 heavy (non-hydrogen) atoms. The molecule has 2 aromatic rings. The summed E-state index contributed by atoms with van der Waals surface area (Å²) in [6.45, 7) is 1.73. The Bertz CT molecular complexity index is 944. The first-order chi connectivity index (χ1) is 13.2. The summed E-state index contributed by atoms with van der Waals surface area (Å²) >= 11 is 0. The molecule has 152 valence electrons. The number of anilines is 1. The standard InChI is InChI=1S/C19H22FNO6S/c1-4-14(11-12-5-7-13(26-2)8-6-12)28(24,25)21-16-10-9-15(20)17(19(22)23)18(16)27-3/h5-10,14,21H,4,11H2,1-3H3,(H,22,23). The minimum atomic E-state index is -3.90. The summed E-state index contributed by atoms with van der Waals surface area (Å²) in [5.74, 6) is -2.29. The Labute approximate surface area is 163 Å². The van der Waals surface area contributed by atoms with Crippen LogP contribution in [0.2, 0.25) is 0 Å². The van der Waals surface area contributed by atoms with Crippen molar-refractivity contribution < 1.29 is 32.2 Å². The molecule has 2 N–H and O–H groups in total. The van der Waals surface area contributed by atoms with Gasteiger partial charge >= 0.3 is 5.97 Å². The molecule has 0 saturated carbocycles. The Morgan fingerprint density at radius 2 is 1.79 bits per heavy atom. The molecule has 0 aliphatic heterocycles. The molecule has 1 atom stereocenters. The minimum absolute atomic E-state index is 0.130. The van der Waals surface area contributed by atoms with E-state index in [0.717, 1.165) is 24.8 Å². The van der Waals surface area contributed by atoms with Gasteiger partial charge in [-0.3, -0.25) is 4.72 Å². The van der Waals surface area contributed by atoms with E-state index in [-0.39, 0.29) is 17.9 Å². The van der Waals surface area contributed by atoms with Gasteiger partial charge in [0.1, 0.15) is 17.1 Å². The topological polar surface area (TPSA) is 102 Å². The molecule has 1 unspecified atom stereocenters. The number of carbonyl (C=O) groups is 1. The number of hydrogen-bond acceptors (Lipinski definition) is 5. The van der Waals surface area contributed by atoms with Gasteiger partial charge in [-0.25, -0.2) is 17.6 Å². The van der Waals surface area contributed by atoms with Crippen LogP contribution in [0, 0.1) is 5.82 Å². The van der Waals surface area contributed by atoms with Crippen LogP contribution in [0.15, 0.2) is 36.4 Å². The Hall–Kier alpha value is -2.81. The SMILES string of the molecule is CCC(Cc1ccc(OC)cc1)S(=O)(=O)Nc1ccc(F)c(C(=O)O)c1OC. The van der Waals surface area contributed by atoms with Gasteiger partial charge in [-0.15, -0.1) is 0 Å². The number of hydrogen-bond donors (Lipinski definition) is 2. The zero-order chi connectivity index (χ0) is 20.9. The van der Waals surface area contributed by atoms with Crippen LogP contribution in [0.3, 0.4) is 0 Å². The Kier molecular flexibility index (Phi) is 6.85. The van der Waals surface area contributed by atoms with E-state index in [2.05, 4.69) is 4.72 Å². The van der Waals surface area contributed by atoms with E-state index < -0.39 is 32.6 Å². The number of methoxy groups -OCH3 is 2. The van der Waals surface area contributed by atoms with E-state index in [1.165, 1.54) is 0 Å². The second kappa shape index (κ2) is 8.92. The van der Waals surface area contributed by atoms with Crippen molar-refractivity contribution in [2.75, 3.05) is 18.9 Å². The number of aromatic carboxylic acids is 1. The van der Waals surface area contributed by atoms with Crippen LogP contribution in [-0.4, -0.2) is 39.0 Å². The molecular weight excluding hydrogens is 389 g/mol. The zero-order valence-electron chi connectivity index (χ0n) is 15.7. The van der Waals surface area contributed by atoms with Gasteiger partial charge in [-0.05, 0) is 42.7 Å². The van der Waals surface area contributed by atoms with Gasteiger partial charge in [0.05, 0.1) is 25.2 Å². The molecule has 0 radical (unpaired) electrons. The average Bonchev–Trinajstić information content (AvgIpc) is 2.66. The van der Waals surface area contributed by atoms with Crippen LogP contribution in [0.25, 0.3) is 0 Å². The highest BCUT2D eigenvalue weighted by molar-refractivity contribution is 7.93. The van der Waals surface area contributed by atoms with Gasteiger partial charge < -0.3 is 14.6 Å². The lowest BCUT2D eigenvalue weighted by Gasteiger charge is -2.19. The van der Waals surface area contributed by atoms with Crippen LogP contribution in [0.4, 0.5) is 10.1 Å². The van der Waals surface area contributed by atoms with Crippen LogP contribution >= 0.6 is 0 Å². The first kappa shape index (κ1) is 21.5. The number of carboxylic acid groups (broad SMARTS) is 1. The van der Waals surface area contributed by atoms with Crippen molar-refractivity contribution in [2.24, 2.45) is 0 Å². The van der Waals surface area contributed by atoms with Gasteiger partial charge in [0.2, 0.25) is 10.0 Å². The molecule has 0 bridgehead atoms. The number of ether oxygens (including phenoxy) is 2. The molecule has 9 heteroatoms. The van der Waals surface area contributed by atoms with E-state index in [0.29, 0.717) is 12.2 Å². The molecule has 0 heterocycles. The van der Waals surface area contributed by atoms with Crippen molar-refractivity contribution in [3.05, 3.63) is 53.3 Å². The van der Waals surface area contributed by atoms with E-state index in [1.807, 2.05) is 0 Å². The quantitative estimate of drug-likeness (QED) is 0.656. The third-order valence-electron chi connectivity index (χ3n) is 4.29. The molecule has 2 aromatic carbocycles. The second-order valence-corrected chi connectivity index (χ2v) is 8.00. The summed E-state index contributed by atoms with van der Waals surface area (Å²) in [4.78, 5) is 11.3. The zero-order valence-corrected chi connectivity index (χ0v) is 16.5. The fraction of sp³-hybridized carbons (Fsp3) is 0.316. The maximum absolute atomic E-state index is 13.8. The van der Waals surface area contributed by atoms with Crippen molar-refractivity contribution in [3.8, 4) is 11.5 Å². The first-order valence-corrected chi connectivity index (χ1v) is 10.0. The van der Waals surface area contributed by atoms with Gasteiger partial charge in [0.25, 0.3) is 0 Å². The van der Waals surface area contributed by atoms with Gasteiger partial charge in [0, 0.05) is 0 Å². The molecule has 0 amide bonds. The number of carboxylic acids is 1. The molecule has 0 saturated heterocycles. The summed E-state index contributed by atoms with van der Waals surface area (Å²) < 4.78 is 51.9. The third-order valence-corrected chi connectivity index (χ3v) is 6.18.